The molecule has 0 spiro atoms. The summed E-state index contributed by atoms with van der Waals surface area (Å²) in [6.45, 7) is 1.89. The molecule has 3 rings (SSSR count). The van der Waals surface area contributed by atoms with Crippen molar-refractivity contribution < 1.29 is 13.7 Å². The Morgan fingerprint density at radius 3 is 2.67 bits per heavy atom. The molecule has 3 aromatic rings. The summed E-state index contributed by atoms with van der Waals surface area (Å²) in [4.78, 5) is 10.4. The van der Waals surface area contributed by atoms with Gasteiger partial charge in [0, 0.05) is 22.9 Å². The number of non-ortho nitro benzene ring substituents is 1. The van der Waals surface area contributed by atoms with E-state index in [4.69, 9.17) is 4.42 Å². The van der Waals surface area contributed by atoms with E-state index < -0.39 is 4.92 Å². The van der Waals surface area contributed by atoms with Gasteiger partial charge >= 0.3 is 0 Å². The Hall–Kier alpha value is -2.74. The molecule has 0 N–H and O–H groups in total. The van der Waals surface area contributed by atoms with E-state index in [1.165, 1.54) is 36.0 Å². The van der Waals surface area contributed by atoms with Gasteiger partial charge < -0.3 is 4.42 Å². The number of aromatic nitrogens is 2. The lowest BCUT2D eigenvalue weighted by Crippen LogP contribution is -1.92. The fourth-order valence-electron chi connectivity index (χ4n) is 2.08. The van der Waals surface area contributed by atoms with E-state index in [0.29, 0.717) is 16.7 Å². The average Bonchev–Trinajstić information content (AvgIpc) is 3.04. The molecule has 0 saturated carbocycles. The Labute approximate surface area is 140 Å². The van der Waals surface area contributed by atoms with Crippen LogP contribution in [0.2, 0.25) is 0 Å². The summed E-state index contributed by atoms with van der Waals surface area (Å²) in [5.41, 5.74) is 1.45. The topological polar surface area (TPSA) is 82.1 Å². The van der Waals surface area contributed by atoms with Gasteiger partial charge in [-0.05, 0) is 36.8 Å². The number of halogens is 1. The molecule has 0 amide bonds. The van der Waals surface area contributed by atoms with Gasteiger partial charge in [0.2, 0.25) is 5.89 Å². The number of nitrogens with zero attached hydrogens (tertiary/aromatic N) is 3. The van der Waals surface area contributed by atoms with Gasteiger partial charge in [0.15, 0.2) is 0 Å². The molecule has 0 fully saturated rings. The minimum atomic E-state index is -0.430. The SMILES string of the molecule is C[C@@H](Sc1nnc(-c2ccc(F)cc2)o1)c1cccc([N+](=O)[O-])c1. The summed E-state index contributed by atoms with van der Waals surface area (Å²) in [5.74, 6) is -0.0455. The standard InChI is InChI=1S/C16H12FN3O3S/c1-10(12-3-2-4-14(9-12)20(21)22)24-16-19-18-15(23-16)11-5-7-13(17)8-6-11/h2-10H,1H3/t10-/m1/s1. The molecular formula is C16H12FN3O3S. The Bertz CT molecular complexity index is 867. The van der Waals surface area contributed by atoms with Crippen LogP contribution in [0.3, 0.4) is 0 Å². The van der Waals surface area contributed by atoms with Crippen LogP contribution in [0.25, 0.3) is 11.5 Å². The molecule has 122 valence electrons. The van der Waals surface area contributed by atoms with E-state index in [9.17, 15) is 14.5 Å². The van der Waals surface area contributed by atoms with E-state index in [-0.39, 0.29) is 16.8 Å². The normalized spacial score (nSPS) is 12.1. The number of rotatable bonds is 5. The Morgan fingerprint density at radius 1 is 1.21 bits per heavy atom. The van der Waals surface area contributed by atoms with Gasteiger partial charge in [-0.15, -0.1) is 10.2 Å². The lowest BCUT2D eigenvalue weighted by atomic mass is 10.1. The monoisotopic (exact) mass is 345 g/mol. The number of thioether (sulfide) groups is 1. The van der Waals surface area contributed by atoms with Crippen LogP contribution in [-0.4, -0.2) is 15.1 Å². The Morgan fingerprint density at radius 2 is 1.96 bits per heavy atom. The third kappa shape index (κ3) is 3.60. The van der Waals surface area contributed by atoms with Crippen LogP contribution in [0.15, 0.2) is 58.2 Å². The van der Waals surface area contributed by atoms with Gasteiger partial charge in [0.05, 0.1) is 4.92 Å². The summed E-state index contributed by atoms with van der Waals surface area (Å²) < 4.78 is 18.5. The summed E-state index contributed by atoms with van der Waals surface area (Å²) in [6.07, 6.45) is 0. The van der Waals surface area contributed by atoms with Gasteiger partial charge in [0.1, 0.15) is 5.82 Å². The molecule has 1 atom stereocenters. The van der Waals surface area contributed by atoms with Crippen molar-refractivity contribution in [2.75, 3.05) is 0 Å². The summed E-state index contributed by atoms with van der Waals surface area (Å²) in [5, 5.41) is 19.0. The summed E-state index contributed by atoms with van der Waals surface area (Å²) in [6, 6.07) is 12.2. The van der Waals surface area contributed by atoms with Gasteiger partial charge in [-0.25, -0.2) is 4.39 Å². The zero-order valence-corrected chi connectivity index (χ0v) is 13.4. The first-order chi connectivity index (χ1) is 11.5. The molecule has 24 heavy (non-hydrogen) atoms. The average molecular weight is 345 g/mol. The molecule has 1 aromatic heterocycles. The number of nitro groups is 1. The molecule has 2 aromatic carbocycles. The van der Waals surface area contributed by atoms with Crippen LogP contribution in [-0.2, 0) is 0 Å². The molecule has 6 nitrogen and oxygen atoms in total. The maximum absolute atomic E-state index is 12.9. The van der Waals surface area contributed by atoms with E-state index in [1.54, 1.807) is 18.2 Å². The predicted molar refractivity (Wildman–Crippen MR) is 87.1 cm³/mol. The second-order valence-electron chi connectivity index (χ2n) is 4.99. The van der Waals surface area contributed by atoms with Crippen molar-refractivity contribution >= 4 is 17.4 Å². The lowest BCUT2D eigenvalue weighted by Gasteiger charge is -2.08. The van der Waals surface area contributed by atoms with Crippen LogP contribution >= 0.6 is 11.8 Å². The van der Waals surface area contributed by atoms with Crippen molar-refractivity contribution in [2.24, 2.45) is 0 Å². The zero-order chi connectivity index (χ0) is 17.1. The van der Waals surface area contributed by atoms with E-state index >= 15 is 0 Å². The molecular weight excluding hydrogens is 333 g/mol. The number of benzene rings is 2. The molecule has 0 unspecified atom stereocenters. The Kier molecular flexibility index (Phi) is 4.57. The summed E-state index contributed by atoms with van der Waals surface area (Å²) >= 11 is 1.30. The highest BCUT2D eigenvalue weighted by Gasteiger charge is 2.16. The summed E-state index contributed by atoms with van der Waals surface area (Å²) in [7, 11) is 0. The van der Waals surface area contributed by atoms with Crippen LogP contribution in [0.1, 0.15) is 17.7 Å². The molecule has 0 bridgehead atoms. The second-order valence-corrected chi connectivity index (χ2v) is 6.28. The first-order valence-corrected chi connectivity index (χ1v) is 7.91. The van der Waals surface area contributed by atoms with Crippen molar-refractivity contribution in [3.8, 4) is 11.5 Å². The van der Waals surface area contributed by atoms with Crippen LogP contribution in [0.4, 0.5) is 10.1 Å². The molecule has 0 aliphatic heterocycles. The molecule has 8 heteroatoms. The van der Waals surface area contributed by atoms with Crippen molar-refractivity contribution in [2.45, 2.75) is 17.4 Å². The minimum Gasteiger partial charge on any atom is -0.411 e. The number of hydrogen-bond acceptors (Lipinski definition) is 6. The Balaban J connectivity index is 1.75. The van der Waals surface area contributed by atoms with Crippen LogP contribution in [0.5, 0.6) is 0 Å². The maximum atomic E-state index is 12.9. The third-order valence-corrected chi connectivity index (χ3v) is 4.32. The van der Waals surface area contributed by atoms with Gasteiger partial charge in [-0.2, -0.15) is 0 Å². The molecule has 1 heterocycles. The van der Waals surface area contributed by atoms with E-state index in [0.717, 1.165) is 5.56 Å². The largest absolute Gasteiger partial charge is 0.411 e. The predicted octanol–water partition coefficient (Wildman–Crippen LogP) is 4.64. The first kappa shape index (κ1) is 16.1. The molecule has 0 aliphatic rings. The van der Waals surface area contributed by atoms with Crippen LogP contribution in [0, 0.1) is 15.9 Å². The maximum Gasteiger partial charge on any atom is 0.277 e. The van der Waals surface area contributed by atoms with Crippen molar-refractivity contribution in [3.05, 3.63) is 70.0 Å². The number of hydrogen-bond donors (Lipinski definition) is 0. The van der Waals surface area contributed by atoms with E-state index in [2.05, 4.69) is 10.2 Å². The molecule has 0 aliphatic carbocycles. The van der Waals surface area contributed by atoms with Crippen LogP contribution < -0.4 is 0 Å². The quantitative estimate of drug-likeness (QED) is 0.381. The first-order valence-electron chi connectivity index (χ1n) is 7.03. The smallest absolute Gasteiger partial charge is 0.277 e. The fraction of sp³-hybridized carbons (Fsp3) is 0.125. The highest BCUT2D eigenvalue weighted by Crippen LogP contribution is 2.36. The van der Waals surface area contributed by atoms with Crippen molar-refractivity contribution in [1.82, 2.24) is 10.2 Å². The van der Waals surface area contributed by atoms with Gasteiger partial charge in [-0.3, -0.25) is 10.1 Å². The zero-order valence-electron chi connectivity index (χ0n) is 12.5. The minimum absolute atomic E-state index is 0.0393. The fourth-order valence-corrected chi connectivity index (χ4v) is 2.88. The molecule has 0 radical (unpaired) electrons. The highest BCUT2D eigenvalue weighted by atomic mass is 32.2. The van der Waals surface area contributed by atoms with Crippen molar-refractivity contribution in [3.63, 3.8) is 0 Å². The third-order valence-electron chi connectivity index (χ3n) is 3.33. The van der Waals surface area contributed by atoms with Crippen molar-refractivity contribution in [1.29, 1.82) is 0 Å². The highest BCUT2D eigenvalue weighted by molar-refractivity contribution is 7.99. The molecule has 0 saturated heterocycles. The van der Waals surface area contributed by atoms with E-state index in [1.807, 2.05) is 13.0 Å². The van der Waals surface area contributed by atoms with Gasteiger partial charge in [0.25, 0.3) is 10.9 Å². The second kappa shape index (κ2) is 6.79. The van der Waals surface area contributed by atoms with Gasteiger partial charge in [-0.1, -0.05) is 23.9 Å². The lowest BCUT2D eigenvalue weighted by molar-refractivity contribution is -0.384. The number of nitro benzene ring substituents is 1.